The summed E-state index contributed by atoms with van der Waals surface area (Å²) >= 11 is 1.47. The lowest BCUT2D eigenvalue weighted by molar-refractivity contribution is 0.102. The topological polar surface area (TPSA) is 39.8 Å². The predicted octanol–water partition coefficient (Wildman–Crippen LogP) is 2.89. The molecule has 3 aromatic rings. The molecule has 3 rings (SSSR count). The first-order valence-electron chi connectivity index (χ1n) is 6.34. The van der Waals surface area contributed by atoms with Crippen molar-refractivity contribution in [2.75, 3.05) is 5.75 Å². The number of benzene rings is 1. The normalized spacial score (nSPS) is 11.1. The molecule has 0 radical (unpaired) electrons. The van der Waals surface area contributed by atoms with Crippen LogP contribution in [-0.2, 0) is 14.1 Å². The number of fused-ring (bicyclic) bond motifs is 1. The van der Waals surface area contributed by atoms with Crippen LogP contribution in [0.3, 0.4) is 0 Å². The lowest BCUT2D eigenvalue weighted by Crippen LogP contribution is -2.03. The van der Waals surface area contributed by atoms with Crippen molar-refractivity contribution in [3.8, 4) is 0 Å². The van der Waals surface area contributed by atoms with Gasteiger partial charge in [-0.05, 0) is 6.07 Å². The molecule has 4 nitrogen and oxygen atoms in total. The molecule has 0 atom stereocenters. The summed E-state index contributed by atoms with van der Waals surface area (Å²) in [5.74, 6) is 0.536. The summed E-state index contributed by atoms with van der Waals surface area (Å²) in [4.78, 5) is 16.6. The van der Waals surface area contributed by atoms with Gasteiger partial charge in [-0.3, -0.25) is 4.79 Å². The maximum Gasteiger partial charge on any atom is 0.175 e. The molecular weight excluding hydrogens is 270 g/mol. The van der Waals surface area contributed by atoms with E-state index in [4.69, 9.17) is 0 Å². The van der Waals surface area contributed by atoms with Crippen LogP contribution < -0.4 is 0 Å². The minimum atomic E-state index is 0.134. The Morgan fingerprint density at radius 1 is 1.25 bits per heavy atom. The first-order chi connectivity index (χ1) is 9.66. The fraction of sp³-hybridized carbons (Fsp3) is 0.200. The molecule has 0 aliphatic rings. The number of thioether (sulfide) groups is 1. The van der Waals surface area contributed by atoms with E-state index in [0.29, 0.717) is 5.75 Å². The molecule has 102 valence electrons. The Hall–Kier alpha value is -2.01. The van der Waals surface area contributed by atoms with Crippen molar-refractivity contribution >= 4 is 28.4 Å². The highest BCUT2D eigenvalue weighted by Crippen LogP contribution is 2.23. The van der Waals surface area contributed by atoms with Crippen LogP contribution in [0, 0.1) is 0 Å². The standard InChI is InChI=1S/C15H15N3OS/c1-17-8-7-16-15(17)20-10-14(19)12-9-18(2)13-6-4-3-5-11(12)13/h3-9H,10H2,1-2H3. The second kappa shape index (κ2) is 5.17. The smallest absolute Gasteiger partial charge is 0.175 e. The summed E-state index contributed by atoms with van der Waals surface area (Å²) in [7, 11) is 3.89. The number of aryl methyl sites for hydroxylation is 2. The molecule has 0 saturated heterocycles. The Balaban J connectivity index is 1.84. The first kappa shape index (κ1) is 13.0. The predicted molar refractivity (Wildman–Crippen MR) is 81.2 cm³/mol. The number of hydrogen-bond donors (Lipinski definition) is 0. The van der Waals surface area contributed by atoms with E-state index >= 15 is 0 Å². The molecular formula is C15H15N3OS. The van der Waals surface area contributed by atoms with Gasteiger partial charge in [0.1, 0.15) is 0 Å². The highest BCUT2D eigenvalue weighted by Gasteiger charge is 2.14. The van der Waals surface area contributed by atoms with Crippen LogP contribution in [0.1, 0.15) is 10.4 Å². The zero-order chi connectivity index (χ0) is 14.1. The van der Waals surface area contributed by atoms with Gasteiger partial charge in [0.2, 0.25) is 0 Å². The SMILES string of the molecule is Cn1ccnc1SCC(=O)c1cn(C)c2ccccc12. The molecule has 0 aliphatic heterocycles. The molecule has 0 N–H and O–H groups in total. The molecule has 2 heterocycles. The fourth-order valence-corrected chi connectivity index (χ4v) is 3.08. The van der Waals surface area contributed by atoms with Crippen molar-refractivity contribution in [3.05, 3.63) is 48.4 Å². The molecule has 0 bridgehead atoms. The number of carbonyl (C=O) groups is 1. The van der Waals surface area contributed by atoms with Gasteiger partial charge in [-0.25, -0.2) is 4.98 Å². The molecule has 0 fully saturated rings. The summed E-state index contributed by atoms with van der Waals surface area (Å²) in [6.07, 6.45) is 5.53. The second-order valence-corrected chi connectivity index (χ2v) is 5.65. The van der Waals surface area contributed by atoms with Gasteiger partial charge in [0, 0.05) is 49.2 Å². The van der Waals surface area contributed by atoms with E-state index in [2.05, 4.69) is 4.98 Å². The van der Waals surface area contributed by atoms with E-state index < -0.39 is 0 Å². The average Bonchev–Trinajstić information content (AvgIpc) is 3.01. The van der Waals surface area contributed by atoms with Crippen molar-refractivity contribution in [1.29, 1.82) is 0 Å². The van der Waals surface area contributed by atoms with Crippen molar-refractivity contribution in [2.24, 2.45) is 14.1 Å². The summed E-state index contributed by atoms with van der Waals surface area (Å²) in [5.41, 5.74) is 1.86. The minimum absolute atomic E-state index is 0.134. The molecule has 5 heteroatoms. The highest BCUT2D eigenvalue weighted by molar-refractivity contribution is 7.99. The third kappa shape index (κ3) is 2.25. The van der Waals surface area contributed by atoms with Gasteiger partial charge < -0.3 is 9.13 Å². The monoisotopic (exact) mass is 285 g/mol. The van der Waals surface area contributed by atoms with Crippen LogP contribution >= 0.6 is 11.8 Å². The maximum absolute atomic E-state index is 12.4. The summed E-state index contributed by atoms with van der Waals surface area (Å²) in [5, 5.41) is 1.87. The van der Waals surface area contributed by atoms with Crippen LogP contribution in [0.25, 0.3) is 10.9 Å². The van der Waals surface area contributed by atoms with Gasteiger partial charge in [-0.2, -0.15) is 0 Å². The summed E-state index contributed by atoms with van der Waals surface area (Å²) in [6.45, 7) is 0. The van der Waals surface area contributed by atoms with Gasteiger partial charge >= 0.3 is 0 Å². The second-order valence-electron chi connectivity index (χ2n) is 4.70. The number of para-hydroxylation sites is 1. The zero-order valence-electron chi connectivity index (χ0n) is 11.4. The van der Waals surface area contributed by atoms with E-state index in [1.165, 1.54) is 11.8 Å². The molecule has 1 aromatic carbocycles. The van der Waals surface area contributed by atoms with Crippen LogP contribution in [0.4, 0.5) is 0 Å². The number of rotatable bonds is 4. The lowest BCUT2D eigenvalue weighted by Gasteiger charge is -2.00. The fourth-order valence-electron chi connectivity index (χ4n) is 2.26. The van der Waals surface area contributed by atoms with E-state index in [1.807, 2.05) is 59.9 Å². The van der Waals surface area contributed by atoms with Crippen LogP contribution in [0.2, 0.25) is 0 Å². The van der Waals surface area contributed by atoms with Crippen LogP contribution in [-0.4, -0.2) is 25.7 Å². The molecule has 20 heavy (non-hydrogen) atoms. The van der Waals surface area contributed by atoms with Gasteiger partial charge in [-0.15, -0.1) is 0 Å². The number of ketones is 1. The van der Waals surface area contributed by atoms with Gasteiger partial charge in [0.15, 0.2) is 10.9 Å². The van der Waals surface area contributed by atoms with E-state index in [9.17, 15) is 4.79 Å². The van der Waals surface area contributed by atoms with Crippen molar-refractivity contribution in [3.63, 3.8) is 0 Å². The third-order valence-electron chi connectivity index (χ3n) is 3.31. The molecule has 0 aliphatic carbocycles. The number of hydrogen-bond acceptors (Lipinski definition) is 3. The number of nitrogens with zero attached hydrogens (tertiary/aromatic N) is 3. The quantitative estimate of drug-likeness (QED) is 0.546. The Labute approximate surface area is 121 Å². The van der Waals surface area contributed by atoms with E-state index in [1.54, 1.807) is 6.20 Å². The number of carbonyl (C=O) groups excluding carboxylic acids is 1. The zero-order valence-corrected chi connectivity index (χ0v) is 12.2. The Morgan fingerprint density at radius 2 is 2.05 bits per heavy atom. The van der Waals surface area contributed by atoms with Crippen molar-refractivity contribution in [2.45, 2.75) is 5.16 Å². The van der Waals surface area contributed by atoms with E-state index in [0.717, 1.165) is 21.6 Å². The molecule has 0 unspecified atom stereocenters. The third-order valence-corrected chi connectivity index (χ3v) is 4.36. The molecule has 0 spiro atoms. The van der Waals surface area contributed by atoms with Crippen molar-refractivity contribution in [1.82, 2.24) is 14.1 Å². The number of aromatic nitrogens is 3. The Kier molecular flexibility index (Phi) is 3.36. The highest BCUT2D eigenvalue weighted by atomic mass is 32.2. The Morgan fingerprint density at radius 3 is 2.80 bits per heavy atom. The first-order valence-corrected chi connectivity index (χ1v) is 7.33. The molecule has 0 saturated carbocycles. The van der Waals surface area contributed by atoms with Gasteiger partial charge in [0.05, 0.1) is 5.75 Å². The Bertz CT molecular complexity index is 772. The maximum atomic E-state index is 12.4. The minimum Gasteiger partial charge on any atom is -0.350 e. The van der Waals surface area contributed by atoms with Crippen molar-refractivity contribution < 1.29 is 4.79 Å². The number of imidazole rings is 1. The van der Waals surface area contributed by atoms with Crippen LogP contribution in [0.5, 0.6) is 0 Å². The van der Waals surface area contributed by atoms with E-state index in [-0.39, 0.29) is 5.78 Å². The average molecular weight is 285 g/mol. The lowest BCUT2D eigenvalue weighted by atomic mass is 10.1. The summed E-state index contributed by atoms with van der Waals surface area (Å²) < 4.78 is 3.91. The van der Waals surface area contributed by atoms with Gasteiger partial charge in [-0.1, -0.05) is 30.0 Å². The summed E-state index contributed by atoms with van der Waals surface area (Å²) in [6, 6.07) is 7.97. The largest absolute Gasteiger partial charge is 0.350 e. The molecule has 2 aromatic heterocycles. The molecule has 0 amide bonds. The van der Waals surface area contributed by atoms with Crippen LogP contribution in [0.15, 0.2) is 48.0 Å². The van der Waals surface area contributed by atoms with Gasteiger partial charge in [0.25, 0.3) is 0 Å². The number of Topliss-reactive ketones (excluding diaryl/α,β-unsaturated/α-hetero) is 1.